The number of aromatic nitrogens is 1. The third-order valence-electron chi connectivity index (χ3n) is 5.42. The Kier molecular flexibility index (Phi) is 5.06. The van der Waals surface area contributed by atoms with Crippen molar-refractivity contribution in [3.8, 4) is 22.9 Å². The van der Waals surface area contributed by atoms with Gasteiger partial charge in [-0.05, 0) is 69.9 Å². The first-order valence-corrected chi connectivity index (χ1v) is 10.0. The molecule has 1 unspecified atom stereocenters. The molecule has 1 aliphatic rings. The first-order chi connectivity index (χ1) is 13.6. The maximum atomic E-state index is 9.81. The van der Waals surface area contributed by atoms with Gasteiger partial charge < -0.3 is 10.5 Å². The average molecular weight is 434 g/mol. The third kappa shape index (κ3) is 3.25. The normalized spacial score (nSPS) is 15.5. The van der Waals surface area contributed by atoms with Crippen LogP contribution in [0.4, 0.5) is 5.82 Å². The second kappa shape index (κ2) is 7.65. The van der Waals surface area contributed by atoms with Crippen LogP contribution in [-0.2, 0) is 12.8 Å². The molecular formula is C23H20BrN3O. The molecule has 0 spiro atoms. The molecule has 0 bridgehead atoms. The monoisotopic (exact) mass is 433 g/mol. The highest BCUT2D eigenvalue weighted by Gasteiger charge is 2.27. The summed E-state index contributed by atoms with van der Waals surface area (Å²) in [5.74, 6) is 1.47. The van der Waals surface area contributed by atoms with E-state index in [1.165, 1.54) is 5.56 Å². The van der Waals surface area contributed by atoms with E-state index in [-0.39, 0.29) is 0 Å². The van der Waals surface area contributed by atoms with Gasteiger partial charge in [0, 0.05) is 11.3 Å². The Morgan fingerprint density at radius 1 is 1.21 bits per heavy atom. The molecule has 0 fully saturated rings. The van der Waals surface area contributed by atoms with Crippen molar-refractivity contribution in [3.05, 3.63) is 75.4 Å². The highest BCUT2D eigenvalue weighted by Crippen LogP contribution is 2.41. The molecule has 0 saturated carbocycles. The Morgan fingerprint density at radius 2 is 2.00 bits per heavy atom. The number of benzene rings is 2. The van der Waals surface area contributed by atoms with Crippen molar-refractivity contribution >= 4 is 21.7 Å². The molecule has 0 amide bonds. The standard InChI is InChI=1S/C23H20BrN3O/c1-28-21-10-8-16(12-19(21)24)22-17-11-15(14-5-3-2-4-6-14)7-9-20(17)27-23(26)18(22)13-25/h2-6,8,10,12,15H,7,9,11H2,1H3,(H2,26,27). The second-order valence-corrected chi connectivity index (χ2v) is 7.84. The molecule has 1 heterocycles. The Morgan fingerprint density at radius 3 is 2.68 bits per heavy atom. The maximum absolute atomic E-state index is 9.81. The van der Waals surface area contributed by atoms with E-state index in [0.29, 0.717) is 17.3 Å². The second-order valence-electron chi connectivity index (χ2n) is 6.98. The van der Waals surface area contributed by atoms with E-state index in [0.717, 1.165) is 51.9 Å². The summed E-state index contributed by atoms with van der Waals surface area (Å²) in [6, 6.07) is 18.7. The topological polar surface area (TPSA) is 71.9 Å². The Bertz CT molecular complexity index is 1070. The fourth-order valence-corrected chi connectivity index (χ4v) is 4.58. The molecule has 140 valence electrons. The molecular weight excluding hydrogens is 414 g/mol. The van der Waals surface area contributed by atoms with Crippen LogP contribution in [0.15, 0.2) is 53.0 Å². The van der Waals surface area contributed by atoms with Gasteiger partial charge in [-0.3, -0.25) is 0 Å². The van der Waals surface area contributed by atoms with Crippen molar-refractivity contribution in [1.82, 2.24) is 4.98 Å². The number of nitrogens with two attached hydrogens (primary N) is 1. The van der Waals surface area contributed by atoms with Gasteiger partial charge in [0.1, 0.15) is 23.2 Å². The van der Waals surface area contributed by atoms with E-state index >= 15 is 0 Å². The van der Waals surface area contributed by atoms with Crippen molar-refractivity contribution in [2.24, 2.45) is 0 Å². The number of halogens is 1. The lowest BCUT2D eigenvalue weighted by atomic mass is 9.78. The van der Waals surface area contributed by atoms with Crippen LogP contribution < -0.4 is 10.5 Å². The zero-order valence-electron chi connectivity index (χ0n) is 15.6. The molecule has 1 atom stereocenters. The maximum Gasteiger partial charge on any atom is 0.142 e. The van der Waals surface area contributed by atoms with Gasteiger partial charge in [0.05, 0.1) is 11.6 Å². The van der Waals surface area contributed by atoms with Crippen LogP contribution in [0.2, 0.25) is 0 Å². The van der Waals surface area contributed by atoms with Crippen LogP contribution in [0.25, 0.3) is 11.1 Å². The Balaban J connectivity index is 1.88. The summed E-state index contributed by atoms with van der Waals surface area (Å²) in [5, 5.41) is 9.81. The van der Waals surface area contributed by atoms with Crippen molar-refractivity contribution in [2.75, 3.05) is 12.8 Å². The molecule has 2 aromatic carbocycles. The number of nitriles is 1. The predicted molar refractivity (Wildman–Crippen MR) is 114 cm³/mol. The van der Waals surface area contributed by atoms with E-state index in [9.17, 15) is 5.26 Å². The lowest BCUT2D eigenvalue weighted by Crippen LogP contribution is -2.17. The molecule has 0 radical (unpaired) electrons. The zero-order valence-corrected chi connectivity index (χ0v) is 17.2. The molecule has 3 aromatic rings. The van der Waals surface area contributed by atoms with Gasteiger partial charge in [-0.25, -0.2) is 4.98 Å². The van der Waals surface area contributed by atoms with Gasteiger partial charge in [-0.15, -0.1) is 0 Å². The Labute approximate surface area is 173 Å². The minimum absolute atomic E-state index is 0.307. The highest BCUT2D eigenvalue weighted by atomic mass is 79.9. The van der Waals surface area contributed by atoms with Gasteiger partial charge in [0.15, 0.2) is 0 Å². The van der Waals surface area contributed by atoms with Crippen molar-refractivity contribution in [2.45, 2.75) is 25.2 Å². The molecule has 4 rings (SSSR count). The summed E-state index contributed by atoms with van der Waals surface area (Å²) in [6.45, 7) is 0. The van der Waals surface area contributed by atoms with Crippen molar-refractivity contribution in [1.29, 1.82) is 5.26 Å². The SMILES string of the molecule is COc1ccc(-c2c(C#N)c(N)nc3c2CC(c2ccccc2)CC3)cc1Br. The highest BCUT2D eigenvalue weighted by molar-refractivity contribution is 9.10. The minimum Gasteiger partial charge on any atom is -0.496 e. The zero-order chi connectivity index (χ0) is 19.7. The summed E-state index contributed by atoms with van der Waals surface area (Å²) >= 11 is 3.56. The van der Waals surface area contributed by atoms with Gasteiger partial charge in [0.2, 0.25) is 0 Å². The van der Waals surface area contributed by atoms with Gasteiger partial charge >= 0.3 is 0 Å². The summed E-state index contributed by atoms with van der Waals surface area (Å²) in [6.07, 6.45) is 2.73. The van der Waals surface area contributed by atoms with E-state index in [1.807, 2.05) is 24.3 Å². The average Bonchev–Trinajstić information content (AvgIpc) is 2.73. The first kappa shape index (κ1) is 18.5. The molecule has 2 N–H and O–H groups in total. The fraction of sp³-hybridized carbons (Fsp3) is 0.217. The van der Waals surface area contributed by atoms with E-state index in [2.05, 4.69) is 51.2 Å². The van der Waals surface area contributed by atoms with Crippen molar-refractivity contribution < 1.29 is 4.74 Å². The number of fused-ring (bicyclic) bond motifs is 1. The van der Waals surface area contributed by atoms with E-state index < -0.39 is 0 Å². The molecule has 1 aromatic heterocycles. The number of aryl methyl sites for hydroxylation is 1. The lowest BCUT2D eigenvalue weighted by molar-refractivity contribution is 0.412. The minimum atomic E-state index is 0.307. The number of anilines is 1. The van der Waals surface area contributed by atoms with Crippen molar-refractivity contribution in [3.63, 3.8) is 0 Å². The lowest BCUT2D eigenvalue weighted by Gasteiger charge is -2.27. The summed E-state index contributed by atoms with van der Waals surface area (Å²) in [5.41, 5.74) is 11.9. The quantitative estimate of drug-likeness (QED) is 0.612. The van der Waals surface area contributed by atoms with Crippen LogP contribution in [0, 0.1) is 11.3 Å². The summed E-state index contributed by atoms with van der Waals surface area (Å²) in [7, 11) is 1.64. The largest absolute Gasteiger partial charge is 0.496 e. The number of nitrogens with zero attached hydrogens (tertiary/aromatic N) is 2. The number of ether oxygens (including phenoxy) is 1. The number of hydrogen-bond donors (Lipinski definition) is 1. The predicted octanol–water partition coefficient (Wildman–Crippen LogP) is 5.25. The van der Waals surface area contributed by atoms with Gasteiger partial charge in [-0.1, -0.05) is 36.4 Å². The fourth-order valence-electron chi connectivity index (χ4n) is 4.04. The smallest absolute Gasteiger partial charge is 0.142 e. The summed E-state index contributed by atoms with van der Waals surface area (Å²) in [4.78, 5) is 4.57. The van der Waals surface area contributed by atoms with Crippen LogP contribution in [0.5, 0.6) is 5.75 Å². The number of hydrogen-bond acceptors (Lipinski definition) is 4. The number of rotatable bonds is 3. The van der Waals surface area contributed by atoms with Gasteiger partial charge in [0.25, 0.3) is 0 Å². The molecule has 0 aliphatic heterocycles. The van der Waals surface area contributed by atoms with Gasteiger partial charge in [-0.2, -0.15) is 5.26 Å². The molecule has 4 nitrogen and oxygen atoms in total. The summed E-state index contributed by atoms with van der Waals surface area (Å²) < 4.78 is 6.20. The van der Waals surface area contributed by atoms with Crippen LogP contribution in [0.3, 0.4) is 0 Å². The van der Waals surface area contributed by atoms with E-state index in [1.54, 1.807) is 7.11 Å². The van der Waals surface area contributed by atoms with Crippen LogP contribution >= 0.6 is 15.9 Å². The molecule has 1 aliphatic carbocycles. The van der Waals surface area contributed by atoms with E-state index in [4.69, 9.17) is 10.5 Å². The van der Waals surface area contributed by atoms with Crippen LogP contribution in [-0.4, -0.2) is 12.1 Å². The Hall–Kier alpha value is -2.84. The first-order valence-electron chi connectivity index (χ1n) is 9.22. The molecule has 28 heavy (non-hydrogen) atoms. The molecule has 5 heteroatoms. The molecule has 0 saturated heterocycles. The number of nitrogen functional groups attached to an aromatic ring is 1. The van der Waals surface area contributed by atoms with Crippen LogP contribution in [0.1, 0.15) is 34.7 Å². The number of methoxy groups -OCH3 is 1. The third-order valence-corrected chi connectivity index (χ3v) is 6.03. The number of pyridine rings is 1.